The maximum atomic E-state index is 12.9. The van der Waals surface area contributed by atoms with E-state index in [-0.39, 0.29) is 25.0 Å². The highest BCUT2D eigenvalue weighted by atomic mass is 35.5. The number of rotatable bonds is 7. The molecule has 0 aliphatic heterocycles. The molecule has 2 rings (SSSR count). The van der Waals surface area contributed by atoms with Crippen LogP contribution in [0.2, 0.25) is 10.0 Å². The standard InChI is InChI=1S/C21H24Cl2N2O3/c1-13-8-9-16(10-14(13)2)28-12-20(26)25(15(3)21(27)24-4)11-17-18(22)6-5-7-19(17)23/h5-10,15H,11-12H2,1-4H3,(H,24,27). The lowest BCUT2D eigenvalue weighted by Gasteiger charge is -2.29. The number of nitrogens with zero attached hydrogens (tertiary/aromatic N) is 1. The number of amides is 2. The summed E-state index contributed by atoms with van der Waals surface area (Å²) in [6.45, 7) is 5.53. The van der Waals surface area contributed by atoms with Crippen molar-refractivity contribution in [3.05, 3.63) is 63.1 Å². The molecule has 0 radical (unpaired) electrons. The summed E-state index contributed by atoms with van der Waals surface area (Å²) in [5.41, 5.74) is 2.80. The van der Waals surface area contributed by atoms with E-state index in [0.29, 0.717) is 21.4 Å². The molecule has 2 amide bonds. The van der Waals surface area contributed by atoms with Crippen LogP contribution in [-0.4, -0.2) is 36.4 Å². The lowest BCUT2D eigenvalue weighted by molar-refractivity contribution is -0.142. The van der Waals surface area contributed by atoms with Crippen molar-refractivity contribution in [3.8, 4) is 5.75 Å². The number of ether oxygens (including phenoxy) is 1. The summed E-state index contributed by atoms with van der Waals surface area (Å²) >= 11 is 12.5. The first kappa shape index (κ1) is 22.1. The average Bonchev–Trinajstić information content (AvgIpc) is 2.67. The Kier molecular flexibility index (Phi) is 7.72. The van der Waals surface area contributed by atoms with Crippen molar-refractivity contribution in [2.24, 2.45) is 0 Å². The number of carbonyl (C=O) groups excluding carboxylic acids is 2. The number of likely N-dealkylation sites (N-methyl/N-ethyl adjacent to an activating group) is 1. The smallest absolute Gasteiger partial charge is 0.261 e. The van der Waals surface area contributed by atoms with Crippen molar-refractivity contribution in [2.45, 2.75) is 33.4 Å². The highest BCUT2D eigenvalue weighted by molar-refractivity contribution is 6.36. The van der Waals surface area contributed by atoms with Gasteiger partial charge in [-0.05, 0) is 56.2 Å². The van der Waals surface area contributed by atoms with E-state index in [2.05, 4.69) is 5.32 Å². The molecule has 150 valence electrons. The molecule has 0 fully saturated rings. The molecular formula is C21H24Cl2N2O3. The Labute approximate surface area is 175 Å². The van der Waals surface area contributed by atoms with Crippen molar-refractivity contribution in [3.63, 3.8) is 0 Å². The van der Waals surface area contributed by atoms with Crippen molar-refractivity contribution < 1.29 is 14.3 Å². The number of nitrogens with one attached hydrogen (secondary N) is 1. The molecule has 2 aromatic carbocycles. The summed E-state index contributed by atoms with van der Waals surface area (Å²) in [5, 5.41) is 3.43. The zero-order valence-corrected chi connectivity index (χ0v) is 17.9. The Hall–Kier alpha value is -2.24. The molecule has 1 unspecified atom stereocenters. The van der Waals surface area contributed by atoms with E-state index in [1.54, 1.807) is 25.1 Å². The van der Waals surface area contributed by atoms with Crippen LogP contribution in [0.3, 0.4) is 0 Å². The predicted octanol–water partition coefficient (Wildman–Crippen LogP) is 4.15. The van der Waals surface area contributed by atoms with E-state index >= 15 is 0 Å². The zero-order chi connectivity index (χ0) is 20.8. The van der Waals surface area contributed by atoms with Gasteiger partial charge in [-0.3, -0.25) is 9.59 Å². The molecule has 0 aromatic heterocycles. The highest BCUT2D eigenvalue weighted by Crippen LogP contribution is 2.26. The summed E-state index contributed by atoms with van der Waals surface area (Å²) in [6.07, 6.45) is 0. The fourth-order valence-corrected chi connectivity index (χ4v) is 3.19. The van der Waals surface area contributed by atoms with Crippen LogP contribution >= 0.6 is 23.2 Å². The van der Waals surface area contributed by atoms with Gasteiger partial charge in [-0.1, -0.05) is 35.3 Å². The minimum absolute atomic E-state index is 0.0994. The van der Waals surface area contributed by atoms with E-state index < -0.39 is 6.04 Å². The van der Waals surface area contributed by atoms with Crippen molar-refractivity contribution >= 4 is 35.0 Å². The second-order valence-corrected chi connectivity index (χ2v) is 7.36. The molecule has 5 nitrogen and oxygen atoms in total. The van der Waals surface area contributed by atoms with Gasteiger partial charge in [0.15, 0.2) is 6.61 Å². The van der Waals surface area contributed by atoms with Gasteiger partial charge in [0.1, 0.15) is 11.8 Å². The van der Waals surface area contributed by atoms with Crippen LogP contribution in [0.15, 0.2) is 36.4 Å². The van der Waals surface area contributed by atoms with Crippen molar-refractivity contribution in [1.29, 1.82) is 0 Å². The van der Waals surface area contributed by atoms with E-state index in [9.17, 15) is 9.59 Å². The van der Waals surface area contributed by atoms with Crippen LogP contribution in [0.25, 0.3) is 0 Å². The molecular weight excluding hydrogens is 399 g/mol. The molecule has 1 atom stereocenters. The van der Waals surface area contributed by atoms with E-state index in [4.69, 9.17) is 27.9 Å². The lowest BCUT2D eigenvalue weighted by atomic mass is 10.1. The SMILES string of the molecule is CNC(=O)C(C)N(Cc1c(Cl)cccc1Cl)C(=O)COc1ccc(C)c(C)c1. The van der Waals surface area contributed by atoms with Crippen LogP contribution in [0.1, 0.15) is 23.6 Å². The third-order valence-corrected chi connectivity index (χ3v) is 5.35. The van der Waals surface area contributed by atoms with Crippen LogP contribution in [-0.2, 0) is 16.1 Å². The monoisotopic (exact) mass is 422 g/mol. The fourth-order valence-electron chi connectivity index (χ4n) is 2.68. The van der Waals surface area contributed by atoms with E-state index in [0.717, 1.165) is 11.1 Å². The average molecular weight is 423 g/mol. The van der Waals surface area contributed by atoms with E-state index in [1.807, 2.05) is 32.0 Å². The molecule has 0 aliphatic carbocycles. The van der Waals surface area contributed by atoms with Gasteiger partial charge in [0.2, 0.25) is 5.91 Å². The molecule has 1 N–H and O–H groups in total. The van der Waals surface area contributed by atoms with Crippen LogP contribution in [0, 0.1) is 13.8 Å². The second-order valence-electron chi connectivity index (χ2n) is 6.55. The van der Waals surface area contributed by atoms with Gasteiger partial charge in [-0.2, -0.15) is 0 Å². The van der Waals surface area contributed by atoms with Crippen LogP contribution in [0.4, 0.5) is 0 Å². The summed E-state index contributed by atoms with van der Waals surface area (Å²) in [6, 6.07) is 10.0. The minimum atomic E-state index is -0.715. The van der Waals surface area contributed by atoms with Crippen molar-refractivity contribution in [1.82, 2.24) is 10.2 Å². The molecule has 7 heteroatoms. The number of hydrogen-bond donors (Lipinski definition) is 1. The van der Waals surface area contributed by atoms with Gasteiger partial charge >= 0.3 is 0 Å². The maximum absolute atomic E-state index is 12.9. The fraction of sp³-hybridized carbons (Fsp3) is 0.333. The normalized spacial score (nSPS) is 11.6. The second kappa shape index (κ2) is 9.80. The first-order valence-electron chi connectivity index (χ1n) is 8.88. The Bertz CT molecular complexity index is 850. The van der Waals surface area contributed by atoms with Gasteiger partial charge in [0.25, 0.3) is 5.91 Å². The number of carbonyl (C=O) groups is 2. The van der Waals surface area contributed by atoms with Gasteiger partial charge in [-0.25, -0.2) is 0 Å². The van der Waals surface area contributed by atoms with Gasteiger partial charge in [0.05, 0.1) is 0 Å². The van der Waals surface area contributed by atoms with Crippen molar-refractivity contribution in [2.75, 3.05) is 13.7 Å². The largest absolute Gasteiger partial charge is 0.484 e. The molecule has 0 heterocycles. The molecule has 0 bridgehead atoms. The Morgan fingerprint density at radius 2 is 1.75 bits per heavy atom. The third kappa shape index (κ3) is 5.40. The first-order valence-corrected chi connectivity index (χ1v) is 9.64. The quantitative estimate of drug-likeness (QED) is 0.728. The highest BCUT2D eigenvalue weighted by Gasteiger charge is 2.27. The molecule has 0 saturated carbocycles. The van der Waals surface area contributed by atoms with Gasteiger partial charge < -0.3 is 15.0 Å². The summed E-state index contributed by atoms with van der Waals surface area (Å²) < 4.78 is 5.66. The predicted molar refractivity (Wildman–Crippen MR) is 112 cm³/mol. The molecule has 28 heavy (non-hydrogen) atoms. The topological polar surface area (TPSA) is 58.6 Å². The number of aryl methyl sites for hydroxylation is 2. The Morgan fingerprint density at radius 3 is 2.32 bits per heavy atom. The zero-order valence-electron chi connectivity index (χ0n) is 16.4. The molecule has 0 spiro atoms. The van der Waals surface area contributed by atoms with Gasteiger partial charge in [0, 0.05) is 29.2 Å². The minimum Gasteiger partial charge on any atom is -0.484 e. The van der Waals surface area contributed by atoms with Gasteiger partial charge in [-0.15, -0.1) is 0 Å². The number of hydrogen-bond acceptors (Lipinski definition) is 3. The number of halogens is 2. The third-order valence-electron chi connectivity index (χ3n) is 4.64. The summed E-state index contributed by atoms with van der Waals surface area (Å²) in [7, 11) is 1.52. The van der Waals surface area contributed by atoms with Crippen LogP contribution in [0.5, 0.6) is 5.75 Å². The first-order chi connectivity index (χ1) is 13.2. The van der Waals surface area contributed by atoms with E-state index in [1.165, 1.54) is 11.9 Å². The maximum Gasteiger partial charge on any atom is 0.261 e. The Morgan fingerprint density at radius 1 is 1.11 bits per heavy atom. The lowest BCUT2D eigenvalue weighted by Crippen LogP contribution is -2.48. The Balaban J connectivity index is 2.21. The molecule has 2 aromatic rings. The molecule has 0 aliphatic rings. The van der Waals surface area contributed by atoms with Crippen LogP contribution < -0.4 is 10.1 Å². The molecule has 0 saturated heterocycles. The summed E-state index contributed by atoms with van der Waals surface area (Å²) in [5.74, 6) is -0.0345. The number of benzene rings is 2. The summed E-state index contributed by atoms with van der Waals surface area (Å²) in [4.78, 5) is 26.5.